The minimum absolute atomic E-state index is 0.206. The predicted octanol–water partition coefficient (Wildman–Crippen LogP) is 1.67. The number of nitrogens with zero attached hydrogens (tertiary/aromatic N) is 2. The van der Waals surface area contributed by atoms with Crippen LogP contribution in [0.1, 0.15) is 21.7 Å². The van der Waals surface area contributed by atoms with Crippen LogP contribution < -0.4 is 9.47 Å². The highest BCUT2D eigenvalue weighted by Crippen LogP contribution is 2.32. The highest BCUT2D eigenvalue weighted by molar-refractivity contribution is 5.86. The van der Waals surface area contributed by atoms with Crippen LogP contribution >= 0.6 is 0 Å². The number of ether oxygens (including phenoxy) is 2. The Kier molecular flexibility index (Phi) is 2.63. The molecule has 19 heavy (non-hydrogen) atoms. The number of carboxylic acids is 1. The van der Waals surface area contributed by atoms with Crippen molar-refractivity contribution in [2.45, 2.75) is 13.5 Å². The predicted molar refractivity (Wildman–Crippen MR) is 65.6 cm³/mol. The Bertz CT molecular complexity index is 648. The molecule has 1 aromatic heterocycles. The summed E-state index contributed by atoms with van der Waals surface area (Å²) in [6, 6.07) is 5.56. The number of rotatable bonds is 3. The van der Waals surface area contributed by atoms with Gasteiger partial charge in [0, 0.05) is 6.54 Å². The number of hydrogen-bond donors (Lipinski definition) is 1. The van der Waals surface area contributed by atoms with Gasteiger partial charge in [0.1, 0.15) is 5.69 Å². The second-order valence-electron chi connectivity index (χ2n) is 4.30. The smallest absolute Gasteiger partial charge is 0.354 e. The summed E-state index contributed by atoms with van der Waals surface area (Å²) in [7, 11) is 0. The molecule has 3 rings (SSSR count). The summed E-state index contributed by atoms with van der Waals surface area (Å²) in [4.78, 5) is 15.2. The maximum atomic E-state index is 11.2. The third-order valence-corrected chi connectivity index (χ3v) is 3.01. The van der Waals surface area contributed by atoms with Crippen LogP contribution in [0.3, 0.4) is 0 Å². The van der Waals surface area contributed by atoms with Gasteiger partial charge in [-0.25, -0.2) is 9.78 Å². The Hall–Kier alpha value is -2.50. The van der Waals surface area contributed by atoms with Gasteiger partial charge in [0.25, 0.3) is 0 Å². The zero-order chi connectivity index (χ0) is 13.4. The highest BCUT2D eigenvalue weighted by atomic mass is 16.7. The Morgan fingerprint density at radius 1 is 1.42 bits per heavy atom. The van der Waals surface area contributed by atoms with E-state index in [0.717, 1.165) is 5.56 Å². The molecule has 0 saturated carbocycles. The Morgan fingerprint density at radius 3 is 3.00 bits per heavy atom. The average molecular weight is 260 g/mol. The number of carbonyl (C=O) groups is 1. The van der Waals surface area contributed by atoms with Crippen molar-refractivity contribution in [1.29, 1.82) is 0 Å². The van der Waals surface area contributed by atoms with Gasteiger partial charge in [-0.15, -0.1) is 0 Å². The van der Waals surface area contributed by atoms with E-state index in [9.17, 15) is 4.79 Å². The fourth-order valence-electron chi connectivity index (χ4n) is 2.12. The molecular formula is C13H12N2O4. The molecule has 0 atom stereocenters. The summed E-state index contributed by atoms with van der Waals surface area (Å²) in [6.07, 6.45) is 1.53. The Morgan fingerprint density at radius 2 is 2.21 bits per heavy atom. The lowest BCUT2D eigenvalue weighted by Crippen LogP contribution is -2.09. The van der Waals surface area contributed by atoms with Crippen molar-refractivity contribution in [2.24, 2.45) is 0 Å². The molecular weight excluding hydrogens is 248 g/mol. The lowest BCUT2D eigenvalue weighted by molar-refractivity contribution is 0.0685. The van der Waals surface area contributed by atoms with Gasteiger partial charge in [0.2, 0.25) is 6.79 Å². The summed E-state index contributed by atoms with van der Waals surface area (Å²) in [6.45, 7) is 2.34. The molecule has 1 aliphatic rings. The van der Waals surface area contributed by atoms with Crippen LogP contribution in [0.15, 0.2) is 24.5 Å². The van der Waals surface area contributed by atoms with Crippen LogP contribution in [0.4, 0.5) is 0 Å². The zero-order valence-electron chi connectivity index (χ0n) is 10.3. The summed E-state index contributed by atoms with van der Waals surface area (Å²) in [5, 5.41) is 9.16. The van der Waals surface area contributed by atoms with E-state index in [0.29, 0.717) is 23.7 Å². The van der Waals surface area contributed by atoms with Gasteiger partial charge in [-0.1, -0.05) is 6.07 Å². The first-order valence-corrected chi connectivity index (χ1v) is 5.78. The lowest BCUT2D eigenvalue weighted by Gasteiger charge is -2.06. The molecule has 1 aromatic carbocycles. The molecule has 98 valence electrons. The minimum Gasteiger partial charge on any atom is -0.477 e. The number of fused-ring (bicyclic) bond motifs is 1. The normalized spacial score (nSPS) is 12.7. The first kappa shape index (κ1) is 11.6. The summed E-state index contributed by atoms with van der Waals surface area (Å²) < 4.78 is 12.1. The van der Waals surface area contributed by atoms with Crippen LogP contribution in [0.5, 0.6) is 11.5 Å². The van der Waals surface area contributed by atoms with Crippen molar-refractivity contribution in [3.63, 3.8) is 0 Å². The molecule has 0 unspecified atom stereocenters. The van der Waals surface area contributed by atoms with E-state index in [4.69, 9.17) is 14.6 Å². The van der Waals surface area contributed by atoms with Gasteiger partial charge in [-0.3, -0.25) is 0 Å². The zero-order valence-corrected chi connectivity index (χ0v) is 10.3. The van der Waals surface area contributed by atoms with Crippen molar-refractivity contribution in [1.82, 2.24) is 9.55 Å². The number of aromatic carboxylic acids is 1. The van der Waals surface area contributed by atoms with Crippen molar-refractivity contribution < 1.29 is 19.4 Å². The molecule has 2 aromatic rings. The van der Waals surface area contributed by atoms with Crippen molar-refractivity contribution >= 4 is 5.97 Å². The SMILES string of the molecule is Cc1ncn(Cc2ccc3c(c2)OCO3)c1C(=O)O. The lowest BCUT2D eigenvalue weighted by atomic mass is 10.2. The van der Waals surface area contributed by atoms with Crippen molar-refractivity contribution in [3.8, 4) is 11.5 Å². The molecule has 0 radical (unpaired) electrons. The second-order valence-corrected chi connectivity index (χ2v) is 4.30. The summed E-state index contributed by atoms with van der Waals surface area (Å²) in [5.41, 5.74) is 1.65. The molecule has 6 nitrogen and oxygen atoms in total. The topological polar surface area (TPSA) is 73.6 Å². The van der Waals surface area contributed by atoms with Crippen molar-refractivity contribution in [3.05, 3.63) is 41.5 Å². The number of benzene rings is 1. The molecule has 0 bridgehead atoms. The number of carboxylic acid groups (broad SMARTS) is 1. The van der Waals surface area contributed by atoms with E-state index >= 15 is 0 Å². The van der Waals surface area contributed by atoms with Crippen molar-refractivity contribution in [2.75, 3.05) is 6.79 Å². The first-order chi connectivity index (χ1) is 9.15. The minimum atomic E-state index is -0.976. The van der Waals surface area contributed by atoms with Crippen LogP contribution in [-0.4, -0.2) is 27.4 Å². The van der Waals surface area contributed by atoms with E-state index < -0.39 is 5.97 Å². The van der Waals surface area contributed by atoms with E-state index in [-0.39, 0.29) is 12.5 Å². The van der Waals surface area contributed by atoms with Gasteiger partial charge in [0.15, 0.2) is 11.5 Å². The number of aryl methyl sites for hydroxylation is 1. The standard InChI is InChI=1S/C13H12N2O4/c1-8-12(13(16)17)15(6-14-8)5-9-2-3-10-11(4-9)19-7-18-10/h2-4,6H,5,7H2,1H3,(H,16,17). The van der Waals surface area contributed by atoms with Gasteiger partial charge >= 0.3 is 5.97 Å². The largest absolute Gasteiger partial charge is 0.477 e. The number of imidazole rings is 1. The Labute approximate surface area is 109 Å². The van der Waals surface area contributed by atoms with Gasteiger partial charge in [-0.2, -0.15) is 0 Å². The van der Waals surface area contributed by atoms with Crippen LogP contribution in [-0.2, 0) is 6.54 Å². The third kappa shape index (κ3) is 2.01. The van der Waals surface area contributed by atoms with E-state index in [1.807, 2.05) is 18.2 Å². The van der Waals surface area contributed by atoms with E-state index in [2.05, 4.69) is 4.98 Å². The Balaban J connectivity index is 1.91. The summed E-state index contributed by atoms with van der Waals surface area (Å²) in [5.74, 6) is 0.422. The molecule has 6 heteroatoms. The van der Waals surface area contributed by atoms with Gasteiger partial charge in [0.05, 0.1) is 12.0 Å². The van der Waals surface area contributed by atoms with E-state index in [1.54, 1.807) is 11.5 Å². The number of hydrogen-bond acceptors (Lipinski definition) is 4. The van der Waals surface area contributed by atoms with Crippen LogP contribution in [0.25, 0.3) is 0 Å². The molecule has 1 N–H and O–H groups in total. The van der Waals surface area contributed by atoms with Crippen LogP contribution in [0, 0.1) is 6.92 Å². The molecule has 0 amide bonds. The molecule has 0 saturated heterocycles. The monoisotopic (exact) mass is 260 g/mol. The molecule has 2 heterocycles. The summed E-state index contributed by atoms with van der Waals surface area (Å²) >= 11 is 0. The first-order valence-electron chi connectivity index (χ1n) is 5.78. The van der Waals surface area contributed by atoms with Gasteiger partial charge in [-0.05, 0) is 24.6 Å². The molecule has 0 fully saturated rings. The number of aromatic nitrogens is 2. The van der Waals surface area contributed by atoms with E-state index in [1.165, 1.54) is 6.33 Å². The third-order valence-electron chi connectivity index (χ3n) is 3.01. The van der Waals surface area contributed by atoms with Gasteiger partial charge < -0.3 is 19.1 Å². The fraction of sp³-hybridized carbons (Fsp3) is 0.231. The quantitative estimate of drug-likeness (QED) is 0.908. The second kappa shape index (κ2) is 4.31. The molecule has 0 aliphatic carbocycles. The maximum absolute atomic E-state index is 11.2. The van der Waals surface area contributed by atoms with Crippen LogP contribution in [0.2, 0.25) is 0 Å². The maximum Gasteiger partial charge on any atom is 0.354 e. The fourth-order valence-corrected chi connectivity index (χ4v) is 2.12. The molecule has 0 spiro atoms. The average Bonchev–Trinajstić information content (AvgIpc) is 2.95. The molecule has 1 aliphatic heterocycles. The highest BCUT2D eigenvalue weighted by Gasteiger charge is 2.17.